The monoisotopic (exact) mass is 274 g/mol. The quantitative estimate of drug-likeness (QED) is 0.874. The summed E-state index contributed by atoms with van der Waals surface area (Å²) in [5, 5.41) is 0.704. The van der Waals surface area contributed by atoms with Gasteiger partial charge in [0.1, 0.15) is 10.8 Å². The van der Waals surface area contributed by atoms with Crippen molar-refractivity contribution in [1.29, 1.82) is 0 Å². The number of primary amides is 1. The minimum atomic E-state index is -0.383. The molecule has 98 valence electrons. The molecule has 2 N–H and O–H groups in total. The summed E-state index contributed by atoms with van der Waals surface area (Å²) in [5.74, 6) is 0.285. The molecule has 5 heteroatoms. The maximum atomic E-state index is 11.6. The maximum Gasteiger partial charge on any atom is 0.252 e. The number of rotatable bonds is 3. The second-order valence-corrected chi connectivity index (χ2v) is 5.61. The molecule has 0 aromatic carbocycles. The topological polar surface area (TPSA) is 68.6 Å². The molecule has 0 unspecified atom stereocenters. The van der Waals surface area contributed by atoms with Crippen LogP contribution < -0.4 is 5.73 Å². The summed E-state index contributed by atoms with van der Waals surface area (Å²) in [6.45, 7) is 0. The van der Waals surface area contributed by atoms with Gasteiger partial charge in [-0.1, -0.05) is 0 Å². The standard InChI is InChI=1S/C14H14N2O2S/c15-13(17)12-10-5-1-2-6-11(10)19-14(12)16-8-9-4-3-7-18-9/h3-4,7-8H,1-2,5-6H2,(H2,15,17)/b16-8+. The van der Waals surface area contributed by atoms with Crippen molar-refractivity contribution in [2.75, 3.05) is 0 Å². The Labute approximate surface area is 115 Å². The van der Waals surface area contributed by atoms with Crippen molar-refractivity contribution < 1.29 is 9.21 Å². The number of hydrogen-bond acceptors (Lipinski definition) is 4. The van der Waals surface area contributed by atoms with Gasteiger partial charge in [-0.15, -0.1) is 11.3 Å². The van der Waals surface area contributed by atoms with Crippen molar-refractivity contribution in [2.45, 2.75) is 25.7 Å². The Kier molecular flexibility index (Phi) is 3.21. The fourth-order valence-corrected chi connectivity index (χ4v) is 3.62. The number of aliphatic imine (C=N–C) groups is 1. The SMILES string of the molecule is NC(=O)c1c(/N=C/c2ccco2)sc2c1CCCC2. The normalized spacial score (nSPS) is 14.7. The molecule has 0 bridgehead atoms. The molecule has 0 radical (unpaired) electrons. The van der Waals surface area contributed by atoms with Gasteiger partial charge in [0.05, 0.1) is 18.0 Å². The second-order valence-electron chi connectivity index (χ2n) is 4.53. The van der Waals surface area contributed by atoms with Crippen molar-refractivity contribution in [3.8, 4) is 0 Å². The fourth-order valence-electron chi connectivity index (χ4n) is 2.38. The second kappa shape index (κ2) is 5.01. The van der Waals surface area contributed by atoms with Gasteiger partial charge in [0.2, 0.25) is 0 Å². The van der Waals surface area contributed by atoms with E-state index in [1.807, 2.05) is 6.07 Å². The lowest BCUT2D eigenvalue weighted by Gasteiger charge is -2.10. The van der Waals surface area contributed by atoms with E-state index in [1.165, 1.54) is 11.3 Å². The number of fused-ring (bicyclic) bond motifs is 1. The first-order valence-electron chi connectivity index (χ1n) is 6.27. The van der Waals surface area contributed by atoms with Gasteiger partial charge in [-0.25, -0.2) is 4.99 Å². The third-order valence-corrected chi connectivity index (χ3v) is 4.45. The Morgan fingerprint density at radius 3 is 3.00 bits per heavy atom. The highest BCUT2D eigenvalue weighted by atomic mass is 32.1. The Morgan fingerprint density at radius 1 is 1.42 bits per heavy atom. The Bertz CT molecular complexity index is 626. The van der Waals surface area contributed by atoms with Crippen molar-refractivity contribution in [3.63, 3.8) is 0 Å². The molecular weight excluding hydrogens is 260 g/mol. The molecule has 0 fully saturated rings. The summed E-state index contributed by atoms with van der Waals surface area (Å²) in [4.78, 5) is 17.3. The predicted molar refractivity (Wildman–Crippen MR) is 75.4 cm³/mol. The summed E-state index contributed by atoms with van der Waals surface area (Å²) < 4.78 is 5.20. The van der Waals surface area contributed by atoms with Crippen molar-refractivity contribution in [3.05, 3.63) is 40.2 Å². The summed E-state index contributed by atoms with van der Waals surface area (Å²) >= 11 is 1.57. The fraction of sp³-hybridized carbons (Fsp3) is 0.286. The van der Waals surface area contributed by atoms with Gasteiger partial charge >= 0.3 is 0 Å². The highest BCUT2D eigenvalue weighted by Crippen LogP contribution is 2.39. The van der Waals surface area contributed by atoms with Crippen LogP contribution in [0.15, 0.2) is 27.8 Å². The lowest BCUT2D eigenvalue weighted by atomic mass is 9.95. The average Bonchev–Trinajstić information content (AvgIpc) is 3.03. The Balaban J connectivity index is 2.01. The molecule has 0 saturated carbocycles. The van der Waals surface area contributed by atoms with E-state index < -0.39 is 0 Å². The predicted octanol–water partition coefficient (Wildman–Crippen LogP) is 3.07. The molecular formula is C14H14N2O2S. The molecule has 2 aromatic rings. The molecule has 2 heterocycles. The summed E-state index contributed by atoms with van der Waals surface area (Å²) in [5.41, 5.74) is 7.21. The third-order valence-electron chi connectivity index (χ3n) is 3.25. The molecule has 19 heavy (non-hydrogen) atoms. The van der Waals surface area contributed by atoms with Crippen molar-refractivity contribution >= 4 is 28.5 Å². The van der Waals surface area contributed by atoms with Gasteiger partial charge in [0.25, 0.3) is 5.91 Å². The highest BCUT2D eigenvalue weighted by Gasteiger charge is 2.23. The van der Waals surface area contributed by atoms with Crippen LogP contribution in [0.4, 0.5) is 5.00 Å². The van der Waals surface area contributed by atoms with Crippen LogP contribution in [0.1, 0.15) is 39.4 Å². The molecule has 1 aliphatic carbocycles. The van der Waals surface area contributed by atoms with E-state index >= 15 is 0 Å². The zero-order chi connectivity index (χ0) is 13.2. The number of carbonyl (C=O) groups excluding carboxylic acids is 1. The van der Waals surface area contributed by atoms with E-state index in [9.17, 15) is 4.79 Å². The zero-order valence-corrected chi connectivity index (χ0v) is 11.2. The van der Waals surface area contributed by atoms with E-state index in [2.05, 4.69) is 4.99 Å². The largest absolute Gasteiger partial charge is 0.463 e. The molecule has 4 nitrogen and oxygen atoms in total. The average molecular weight is 274 g/mol. The van der Waals surface area contributed by atoms with Gasteiger partial charge < -0.3 is 10.2 Å². The molecule has 1 amide bonds. The minimum Gasteiger partial charge on any atom is -0.463 e. The van der Waals surface area contributed by atoms with Crippen LogP contribution in [0.25, 0.3) is 0 Å². The van der Waals surface area contributed by atoms with Gasteiger partial charge in [0, 0.05) is 4.88 Å². The van der Waals surface area contributed by atoms with E-state index in [4.69, 9.17) is 10.2 Å². The number of thiophene rings is 1. The first-order chi connectivity index (χ1) is 9.25. The highest BCUT2D eigenvalue weighted by molar-refractivity contribution is 7.16. The van der Waals surface area contributed by atoms with Crippen LogP contribution in [0.3, 0.4) is 0 Å². The lowest BCUT2D eigenvalue weighted by molar-refractivity contribution is 0.100. The van der Waals surface area contributed by atoms with Crippen LogP contribution in [0, 0.1) is 0 Å². The smallest absolute Gasteiger partial charge is 0.252 e. The first kappa shape index (κ1) is 12.2. The third kappa shape index (κ3) is 2.33. The number of nitrogens with two attached hydrogens (primary N) is 1. The van der Waals surface area contributed by atoms with E-state index in [0.717, 1.165) is 24.8 Å². The number of furan rings is 1. The van der Waals surface area contributed by atoms with Gasteiger partial charge in [-0.05, 0) is 43.4 Å². The molecule has 2 aromatic heterocycles. The number of carbonyl (C=O) groups is 1. The number of aryl methyl sites for hydroxylation is 1. The summed E-state index contributed by atoms with van der Waals surface area (Å²) in [6.07, 6.45) is 7.47. The molecule has 1 aliphatic rings. The number of nitrogens with zero attached hydrogens (tertiary/aromatic N) is 1. The van der Waals surface area contributed by atoms with Crippen molar-refractivity contribution in [1.82, 2.24) is 0 Å². The maximum absolute atomic E-state index is 11.6. The summed E-state index contributed by atoms with van der Waals surface area (Å²) in [6, 6.07) is 3.62. The van der Waals surface area contributed by atoms with E-state index in [1.54, 1.807) is 29.9 Å². The first-order valence-corrected chi connectivity index (χ1v) is 7.09. The van der Waals surface area contributed by atoms with Gasteiger partial charge in [0.15, 0.2) is 0 Å². The molecule has 0 aliphatic heterocycles. The van der Waals surface area contributed by atoms with Crippen LogP contribution in [-0.2, 0) is 12.8 Å². The van der Waals surface area contributed by atoms with E-state index in [0.29, 0.717) is 16.3 Å². The lowest BCUT2D eigenvalue weighted by Crippen LogP contribution is -2.14. The number of hydrogen-bond donors (Lipinski definition) is 1. The molecule has 0 saturated heterocycles. The van der Waals surface area contributed by atoms with Crippen LogP contribution in [-0.4, -0.2) is 12.1 Å². The van der Waals surface area contributed by atoms with Crippen molar-refractivity contribution in [2.24, 2.45) is 10.7 Å². The Morgan fingerprint density at radius 2 is 2.26 bits per heavy atom. The van der Waals surface area contributed by atoms with Gasteiger partial charge in [-0.2, -0.15) is 0 Å². The van der Waals surface area contributed by atoms with Crippen LogP contribution in [0.2, 0.25) is 0 Å². The number of amides is 1. The van der Waals surface area contributed by atoms with Crippen LogP contribution >= 0.6 is 11.3 Å². The molecule has 3 rings (SSSR count). The molecule has 0 spiro atoms. The molecule has 0 atom stereocenters. The van der Waals surface area contributed by atoms with E-state index in [-0.39, 0.29) is 5.91 Å². The summed E-state index contributed by atoms with van der Waals surface area (Å²) in [7, 11) is 0. The van der Waals surface area contributed by atoms with Gasteiger partial charge in [-0.3, -0.25) is 4.79 Å². The Hall–Kier alpha value is -1.88. The van der Waals surface area contributed by atoms with Crippen LogP contribution in [0.5, 0.6) is 0 Å². The zero-order valence-electron chi connectivity index (χ0n) is 10.4. The minimum absolute atomic E-state index is 0.383.